The normalized spacial score (nSPS) is 12.0. The smallest absolute Gasteiger partial charge is 0.238 e. The van der Waals surface area contributed by atoms with Crippen molar-refractivity contribution >= 4 is 27.2 Å². The van der Waals surface area contributed by atoms with E-state index in [2.05, 4.69) is 15.5 Å². The van der Waals surface area contributed by atoms with Gasteiger partial charge in [0.25, 0.3) is 0 Å². The minimum atomic E-state index is -3.83. The van der Waals surface area contributed by atoms with Gasteiger partial charge < -0.3 is 16.4 Å². The standard InChI is InChI=1S/C26H24N8O3S2/c27-31-24(32-28)22-15-38-26(30-22)34-25(35)21(13-16-9-11-20(12-10-16)39(29,36)37)23(33-34)19-8-4-7-18(14-19)17-5-2-1-3-6-17/h1-12,14-15,35H,13,27-28H2,(H,31,32)(H2,29,36,37). The SMILES string of the molecule is N/N=C(\NN)c1csc(-n2nc(-c3cccc(-c4ccccc4)c3)c(Cc3ccc(S(N)(=O)=O)cc3)c2O)n1. The maximum atomic E-state index is 11.7. The molecule has 5 rings (SSSR count). The summed E-state index contributed by atoms with van der Waals surface area (Å²) in [6, 6.07) is 23.9. The number of aromatic nitrogens is 3. The number of nitrogens with zero attached hydrogens (tertiary/aromatic N) is 4. The van der Waals surface area contributed by atoms with Crippen LogP contribution < -0.4 is 22.3 Å². The molecule has 0 aliphatic carbocycles. The van der Waals surface area contributed by atoms with E-state index in [9.17, 15) is 13.5 Å². The summed E-state index contributed by atoms with van der Waals surface area (Å²) < 4.78 is 24.7. The van der Waals surface area contributed by atoms with Crippen LogP contribution in [0.4, 0.5) is 0 Å². The van der Waals surface area contributed by atoms with Crippen LogP contribution in [-0.4, -0.2) is 34.1 Å². The van der Waals surface area contributed by atoms with Gasteiger partial charge in [-0.05, 0) is 34.9 Å². The number of amidine groups is 1. The molecule has 8 N–H and O–H groups in total. The van der Waals surface area contributed by atoms with Crippen molar-refractivity contribution in [3.8, 4) is 33.4 Å². The third-order valence-electron chi connectivity index (χ3n) is 6.01. The van der Waals surface area contributed by atoms with Gasteiger partial charge in [0, 0.05) is 22.9 Å². The number of nitrogens with two attached hydrogens (primary N) is 3. The van der Waals surface area contributed by atoms with E-state index in [1.165, 1.54) is 28.2 Å². The minimum Gasteiger partial charge on any atom is -0.493 e. The van der Waals surface area contributed by atoms with Gasteiger partial charge in [0.1, 0.15) is 11.4 Å². The Hall–Kier alpha value is -4.56. The first-order valence-corrected chi connectivity index (χ1v) is 14.0. The lowest BCUT2D eigenvalue weighted by Crippen LogP contribution is -2.32. The Morgan fingerprint density at radius 1 is 1.00 bits per heavy atom. The van der Waals surface area contributed by atoms with Gasteiger partial charge in [-0.2, -0.15) is 14.9 Å². The lowest BCUT2D eigenvalue weighted by atomic mass is 9.98. The first kappa shape index (κ1) is 26.1. The average Bonchev–Trinajstić information content (AvgIpc) is 3.55. The Kier molecular flexibility index (Phi) is 7.13. The van der Waals surface area contributed by atoms with Gasteiger partial charge in [-0.25, -0.2) is 24.4 Å². The van der Waals surface area contributed by atoms with Gasteiger partial charge in [-0.3, -0.25) is 0 Å². The summed E-state index contributed by atoms with van der Waals surface area (Å²) in [7, 11) is -3.83. The van der Waals surface area contributed by atoms with E-state index in [1.54, 1.807) is 17.5 Å². The number of hydrazine groups is 1. The van der Waals surface area contributed by atoms with E-state index < -0.39 is 10.0 Å². The van der Waals surface area contributed by atoms with Crippen molar-refractivity contribution in [1.29, 1.82) is 0 Å². The molecular formula is C26H24N8O3S2. The van der Waals surface area contributed by atoms with Crippen LogP contribution in [0.1, 0.15) is 16.8 Å². The fraction of sp³-hybridized carbons (Fsp3) is 0.0385. The maximum absolute atomic E-state index is 11.7. The number of hydrogen-bond acceptors (Lipinski definition) is 9. The molecule has 0 aliphatic rings. The Morgan fingerprint density at radius 3 is 2.36 bits per heavy atom. The predicted octanol–water partition coefficient (Wildman–Crippen LogP) is 2.69. The van der Waals surface area contributed by atoms with Crippen LogP contribution >= 0.6 is 11.3 Å². The van der Waals surface area contributed by atoms with Gasteiger partial charge >= 0.3 is 0 Å². The Labute approximate surface area is 228 Å². The fourth-order valence-corrected chi connectivity index (χ4v) is 5.37. The van der Waals surface area contributed by atoms with E-state index in [0.29, 0.717) is 22.1 Å². The molecule has 39 heavy (non-hydrogen) atoms. The van der Waals surface area contributed by atoms with E-state index in [0.717, 1.165) is 22.3 Å². The Bertz CT molecular complexity index is 1760. The van der Waals surface area contributed by atoms with Crippen LogP contribution in [0.2, 0.25) is 0 Å². The fourth-order valence-electron chi connectivity index (χ4n) is 4.09. The highest BCUT2D eigenvalue weighted by molar-refractivity contribution is 7.89. The first-order valence-electron chi connectivity index (χ1n) is 11.6. The molecule has 2 heterocycles. The zero-order valence-electron chi connectivity index (χ0n) is 20.4. The van der Waals surface area contributed by atoms with Gasteiger partial charge in [0.2, 0.25) is 21.0 Å². The van der Waals surface area contributed by atoms with Crippen LogP contribution in [0.25, 0.3) is 27.5 Å². The monoisotopic (exact) mass is 560 g/mol. The van der Waals surface area contributed by atoms with Crippen molar-refractivity contribution in [3.05, 3.63) is 101 Å². The molecular weight excluding hydrogens is 536 g/mol. The summed E-state index contributed by atoms with van der Waals surface area (Å²) in [6.07, 6.45) is 0.264. The highest BCUT2D eigenvalue weighted by Gasteiger charge is 2.23. The summed E-state index contributed by atoms with van der Waals surface area (Å²) in [5.74, 6) is 10.9. The number of benzene rings is 3. The van der Waals surface area contributed by atoms with Crippen LogP contribution in [-0.2, 0) is 16.4 Å². The molecule has 13 heteroatoms. The van der Waals surface area contributed by atoms with Gasteiger partial charge in [-0.1, -0.05) is 60.7 Å². The summed E-state index contributed by atoms with van der Waals surface area (Å²) in [4.78, 5) is 4.47. The van der Waals surface area contributed by atoms with Crippen LogP contribution in [0.15, 0.2) is 94.2 Å². The number of sulfonamides is 1. The average molecular weight is 561 g/mol. The maximum Gasteiger partial charge on any atom is 0.238 e. The van der Waals surface area contributed by atoms with Crippen molar-refractivity contribution in [1.82, 2.24) is 20.2 Å². The predicted molar refractivity (Wildman–Crippen MR) is 150 cm³/mol. The third-order valence-corrected chi connectivity index (χ3v) is 7.76. The van der Waals surface area contributed by atoms with Crippen molar-refractivity contribution in [2.45, 2.75) is 11.3 Å². The summed E-state index contributed by atoms with van der Waals surface area (Å²) in [5.41, 5.74) is 7.41. The van der Waals surface area contributed by atoms with Crippen LogP contribution in [0.3, 0.4) is 0 Å². The molecule has 0 aliphatic heterocycles. The number of hydrogen-bond donors (Lipinski definition) is 5. The molecule has 0 saturated carbocycles. The number of thiazole rings is 1. The summed E-state index contributed by atoms with van der Waals surface area (Å²) in [6.45, 7) is 0. The number of primary sulfonamides is 1. The zero-order chi connectivity index (χ0) is 27.6. The largest absolute Gasteiger partial charge is 0.493 e. The lowest BCUT2D eigenvalue weighted by molar-refractivity contribution is 0.428. The third kappa shape index (κ3) is 5.37. The highest BCUT2D eigenvalue weighted by Crippen LogP contribution is 2.36. The second kappa shape index (κ2) is 10.7. The zero-order valence-corrected chi connectivity index (χ0v) is 22.0. The van der Waals surface area contributed by atoms with E-state index >= 15 is 0 Å². The van der Waals surface area contributed by atoms with E-state index in [-0.39, 0.29) is 23.0 Å². The molecule has 0 unspecified atom stereocenters. The number of hydrazone groups is 1. The molecule has 0 atom stereocenters. The first-order chi connectivity index (χ1) is 18.8. The van der Waals surface area contributed by atoms with E-state index in [4.69, 9.17) is 21.9 Å². The lowest BCUT2D eigenvalue weighted by Gasteiger charge is -2.07. The minimum absolute atomic E-state index is 0.00292. The van der Waals surface area contributed by atoms with Crippen molar-refractivity contribution in [3.63, 3.8) is 0 Å². The van der Waals surface area contributed by atoms with Gasteiger partial charge in [0.15, 0.2) is 5.84 Å². The molecule has 0 radical (unpaired) electrons. The Morgan fingerprint density at radius 2 is 1.69 bits per heavy atom. The number of aromatic hydroxyl groups is 1. The summed E-state index contributed by atoms with van der Waals surface area (Å²) >= 11 is 1.22. The topological polar surface area (TPSA) is 188 Å². The highest BCUT2D eigenvalue weighted by atomic mass is 32.2. The summed E-state index contributed by atoms with van der Waals surface area (Å²) in [5, 5.41) is 27.0. The molecule has 0 bridgehead atoms. The van der Waals surface area contributed by atoms with Crippen molar-refractivity contribution in [2.75, 3.05) is 0 Å². The van der Waals surface area contributed by atoms with Crippen LogP contribution in [0.5, 0.6) is 5.88 Å². The molecule has 5 aromatic rings. The molecule has 0 spiro atoms. The van der Waals surface area contributed by atoms with Crippen LogP contribution in [0, 0.1) is 0 Å². The molecule has 198 valence electrons. The van der Waals surface area contributed by atoms with Gasteiger partial charge in [-0.15, -0.1) is 11.3 Å². The number of nitrogens with one attached hydrogen (secondary N) is 1. The van der Waals surface area contributed by atoms with E-state index in [1.807, 2.05) is 54.6 Å². The van der Waals surface area contributed by atoms with Crippen molar-refractivity contribution < 1.29 is 13.5 Å². The van der Waals surface area contributed by atoms with Gasteiger partial charge in [0.05, 0.1) is 4.90 Å². The molecule has 0 amide bonds. The quantitative estimate of drug-likeness (QED) is 0.0869. The van der Waals surface area contributed by atoms with Crippen molar-refractivity contribution in [2.24, 2.45) is 21.9 Å². The second-order valence-corrected chi connectivity index (χ2v) is 10.9. The molecule has 11 nitrogen and oxygen atoms in total. The molecule has 2 aromatic heterocycles. The Balaban J connectivity index is 1.62. The molecule has 3 aromatic carbocycles. The molecule has 0 fully saturated rings. The second-order valence-electron chi connectivity index (χ2n) is 8.51. The number of rotatable bonds is 7. The molecule has 0 saturated heterocycles.